The Kier molecular flexibility index (Phi) is 4.70. The Hall–Kier alpha value is -3.40. The first-order valence-corrected chi connectivity index (χ1v) is 9.37. The Balaban J connectivity index is 1.81. The Bertz CT molecular complexity index is 1020. The quantitative estimate of drug-likeness (QED) is 0.685. The molecule has 28 heavy (non-hydrogen) atoms. The number of nitrogens with zero attached hydrogens (tertiary/aromatic N) is 2. The minimum atomic E-state index is -0.688. The maximum absolute atomic E-state index is 13.6. The van der Waals surface area contributed by atoms with Crippen LogP contribution in [0.5, 0.6) is 0 Å². The van der Waals surface area contributed by atoms with Crippen LogP contribution in [0.3, 0.4) is 0 Å². The number of carbonyl (C=O) groups excluding carboxylic acids is 2. The molecule has 1 heterocycles. The molecular formula is C24H22N2O2. The van der Waals surface area contributed by atoms with Crippen LogP contribution in [0.4, 0.5) is 11.4 Å². The zero-order valence-electron chi connectivity index (χ0n) is 16.0. The molecule has 1 aliphatic rings. The van der Waals surface area contributed by atoms with E-state index in [1.54, 1.807) is 9.80 Å². The van der Waals surface area contributed by atoms with Gasteiger partial charge in [-0.3, -0.25) is 14.5 Å². The van der Waals surface area contributed by atoms with Crippen molar-refractivity contribution in [2.45, 2.75) is 19.9 Å². The minimum Gasteiger partial charge on any atom is -0.301 e. The predicted octanol–water partition coefficient (Wildman–Crippen LogP) is 4.42. The van der Waals surface area contributed by atoms with Gasteiger partial charge in [0.05, 0.1) is 0 Å². The van der Waals surface area contributed by atoms with Crippen molar-refractivity contribution in [3.05, 3.63) is 95.6 Å². The van der Waals surface area contributed by atoms with Gasteiger partial charge in [0.25, 0.3) is 5.91 Å². The van der Waals surface area contributed by atoms with Crippen molar-refractivity contribution in [2.24, 2.45) is 0 Å². The maximum Gasteiger partial charge on any atom is 0.255 e. The summed E-state index contributed by atoms with van der Waals surface area (Å²) in [7, 11) is 0. The van der Waals surface area contributed by atoms with Gasteiger partial charge in [0, 0.05) is 11.4 Å². The first kappa shape index (κ1) is 18.0. The molecule has 0 aliphatic carbocycles. The summed E-state index contributed by atoms with van der Waals surface area (Å²) in [6.07, 6.45) is 0. The molecule has 140 valence electrons. The van der Waals surface area contributed by atoms with E-state index in [4.69, 9.17) is 0 Å². The van der Waals surface area contributed by atoms with Crippen molar-refractivity contribution in [2.75, 3.05) is 16.3 Å². The number of hydrogen-bond acceptors (Lipinski definition) is 2. The van der Waals surface area contributed by atoms with Crippen LogP contribution in [0, 0.1) is 13.8 Å². The fraction of sp³-hybridized carbons (Fsp3) is 0.167. The molecule has 4 heteroatoms. The second kappa shape index (κ2) is 7.31. The second-order valence-corrected chi connectivity index (χ2v) is 7.11. The molecule has 3 aromatic rings. The topological polar surface area (TPSA) is 40.6 Å². The van der Waals surface area contributed by atoms with Crippen LogP contribution in [-0.4, -0.2) is 18.4 Å². The van der Waals surface area contributed by atoms with Gasteiger partial charge in [0.1, 0.15) is 12.6 Å². The van der Waals surface area contributed by atoms with Crippen molar-refractivity contribution in [1.82, 2.24) is 0 Å². The molecule has 0 N–H and O–H groups in total. The highest BCUT2D eigenvalue weighted by Gasteiger charge is 2.41. The van der Waals surface area contributed by atoms with Gasteiger partial charge in [-0.15, -0.1) is 0 Å². The van der Waals surface area contributed by atoms with E-state index in [1.807, 2.05) is 92.7 Å². The molecule has 0 radical (unpaired) electrons. The molecule has 4 rings (SSSR count). The molecule has 0 aromatic heterocycles. The molecule has 3 aromatic carbocycles. The molecule has 0 bridgehead atoms. The van der Waals surface area contributed by atoms with E-state index < -0.39 is 6.04 Å². The number of hydrogen-bond donors (Lipinski definition) is 0. The molecule has 1 atom stereocenters. The number of para-hydroxylation sites is 1. The van der Waals surface area contributed by atoms with E-state index in [9.17, 15) is 9.59 Å². The molecule has 4 nitrogen and oxygen atoms in total. The largest absolute Gasteiger partial charge is 0.301 e. The standard InChI is InChI=1S/C24H22N2O2/c1-17-13-14-21(15-18(17)2)25-16-22(27)26(20-11-7-4-8-12-20)23(24(25)28)19-9-5-3-6-10-19/h3-15,23H,16H2,1-2H3/t23-/m1/s1. The minimum absolute atomic E-state index is 0.0273. The van der Waals surface area contributed by atoms with E-state index in [0.717, 1.165) is 28.1 Å². The monoisotopic (exact) mass is 370 g/mol. The fourth-order valence-electron chi connectivity index (χ4n) is 3.61. The van der Waals surface area contributed by atoms with E-state index in [-0.39, 0.29) is 18.4 Å². The molecular weight excluding hydrogens is 348 g/mol. The lowest BCUT2D eigenvalue weighted by Gasteiger charge is -2.40. The van der Waals surface area contributed by atoms with E-state index in [0.29, 0.717) is 0 Å². The van der Waals surface area contributed by atoms with Crippen LogP contribution in [0.15, 0.2) is 78.9 Å². The van der Waals surface area contributed by atoms with Crippen molar-refractivity contribution in [3.8, 4) is 0 Å². The van der Waals surface area contributed by atoms with Gasteiger partial charge in [-0.05, 0) is 54.8 Å². The van der Waals surface area contributed by atoms with Gasteiger partial charge >= 0.3 is 0 Å². The maximum atomic E-state index is 13.6. The summed E-state index contributed by atoms with van der Waals surface area (Å²) in [6.45, 7) is 4.08. The number of piperazine rings is 1. The number of carbonyl (C=O) groups is 2. The molecule has 0 unspecified atom stereocenters. The van der Waals surface area contributed by atoms with Crippen LogP contribution in [0.25, 0.3) is 0 Å². The lowest BCUT2D eigenvalue weighted by atomic mass is 9.99. The van der Waals surface area contributed by atoms with Crippen LogP contribution in [-0.2, 0) is 9.59 Å². The average Bonchev–Trinajstić information content (AvgIpc) is 2.72. The smallest absolute Gasteiger partial charge is 0.255 e. The molecule has 2 amide bonds. The number of amides is 2. The van der Waals surface area contributed by atoms with Crippen molar-refractivity contribution >= 4 is 23.2 Å². The van der Waals surface area contributed by atoms with Crippen molar-refractivity contribution in [1.29, 1.82) is 0 Å². The third kappa shape index (κ3) is 3.18. The van der Waals surface area contributed by atoms with E-state index >= 15 is 0 Å². The van der Waals surface area contributed by atoms with Gasteiger partial charge in [-0.1, -0.05) is 54.6 Å². The van der Waals surface area contributed by atoms with E-state index in [1.165, 1.54) is 0 Å². The third-order valence-corrected chi connectivity index (χ3v) is 5.27. The summed E-state index contributed by atoms with van der Waals surface area (Å²) in [5, 5.41) is 0. The van der Waals surface area contributed by atoms with Gasteiger partial charge in [-0.25, -0.2) is 0 Å². The highest BCUT2D eigenvalue weighted by molar-refractivity contribution is 6.14. The summed E-state index contributed by atoms with van der Waals surface area (Å²) in [5.41, 5.74) is 4.55. The van der Waals surface area contributed by atoms with Gasteiger partial charge < -0.3 is 4.90 Å². The van der Waals surface area contributed by atoms with Gasteiger partial charge in [0.2, 0.25) is 5.91 Å². The summed E-state index contributed by atoms with van der Waals surface area (Å²) < 4.78 is 0. The SMILES string of the molecule is Cc1ccc(N2CC(=O)N(c3ccccc3)[C@H](c3ccccc3)C2=O)cc1C. The Labute approximate surface area is 165 Å². The highest BCUT2D eigenvalue weighted by atomic mass is 16.2. The average molecular weight is 370 g/mol. The molecule has 1 fully saturated rings. The second-order valence-electron chi connectivity index (χ2n) is 7.11. The predicted molar refractivity (Wildman–Crippen MR) is 111 cm³/mol. The number of rotatable bonds is 3. The van der Waals surface area contributed by atoms with E-state index in [2.05, 4.69) is 0 Å². The summed E-state index contributed by atoms with van der Waals surface area (Å²) in [4.78, 5) is 30.0. The van der Waals surface area contributed by atoms with Crippen molar-refractivity contribution in [3.63, 3.8) is 0 Å². The number of benzene rings is 3. The van der Waals surface area contributed by atoms with Crippen LogP contribution in [0.2, 0.25) is 0 Å². The normalized spacial score (nSPS) is 17.1. The van der Waals surface area contributed by atoms with Crippen LogP contribution in [0.1, 0.15) is 22.7 Å². The Morgan fingerprint density at radius 3 is 2.04 bits per heavy atom. The molecule has 1 aliphatic heterocycles. The highest BCUT2D eigenvalue weighted by Crippen LogP contribution is 2.34. The molecule has 0 saturated carbocycles. The summed E-state index contributed by atoms with van der Waals surface area (Å²) in [6, 6.07) is 24.1. The Morgan fingerprint density at radius 2 is 1.39 bits per heavy atom. The lowest BCUT2D eigenvalue weighted by molar-refractivity contribution is -0.128. The molecule has 0 spiro atoms. The van der Waals surface area contributed by atoms with Crippen LogP contribution < -0.4 is 9.80 Å². The fourth-order valence-corrected chi connectivity index (χ4v) is 3.61. The zero-order chi connectivity index (χ0) is 19.7. The van der Waals surface area contributed by atoms with Gasteiger partial charge in [-0.2, -0.15) is 0 Å². The third-order valence-electron chi connectivity index (χ3n) is 5.27. The first-order chi connectivity index (χ1) is 13.6. The summed E-state index contributed by atoms with van der Waals surface area (Å²) >= 11 is 0. The number of anilines is 2. The Morgan fingerprint density at radius 1 is 0.750 bits per heavy atom. The zero-order valence-corrected chi connectivity index (χ0v) is 16.0. The molecule has 1 saturated heterocycles. The summed E-state index contributed by atoms with van der Waals surface area (Å²) in [5.74, 6) is -0.198. The van der Waals surface area contributed by atoms with Crippen molar-refractivity contribution < 1.29 is 9.59 Å². The first-order valence-electron chi connectivity index (χ1n) is 9.37. The number of aryl methyl sites for hydroxylation is 2. The lowest BCUT2D eigenvalue weighted by Crippen LogP contribution is -2.56. The van der Waals surface area contributed by atoms with Crippen LogP contribution >= 0.6 is 0 Å². The van der Waals surface area contributed by atoms with Gasteiger partial charge in [0.15, 0.2) is 0 Å².